The minimum Gasteiger partial charge on any atom is -0.366 e. The molecule has 5 nitrogen and oxygen atoms in total. The maximum Gasteiger partial charge on any atom is 0.177 e. The molecule has 0 spiro atoms. The fourth-order valence-corrected chi connectivity index (χ4v) is 2.93. The summed E-state index contributed by atoms with van der Waals surface area (Å²) in [7, 11) is 0. The van der Waals surface area contributed by atoms with Crippen LogP contribution in [0.2, 0.25) is 0 Å². The van der Waals surface area contributed by atoms with E-state index in [4.69, 9.17) is 4.74 Å². The number of rotatable bonds is 5. The van der Waals surface area contributed by atoms with Crippen LogP contribution in [0.15, 0.2) is 18.3 Å². The van der Waals surface area contributed by atoms with E-state index >= 15 is 0 Å². The third-order valence-corrected chi connectivity index (χ3v) is 4.23. The first kappa shape index (κ1) is 13.2. The van der Waals surface area contributed by atoms with Gasteiger partial charge in [-0.1, -0.05) is 0 Å². The van der Waals surface area contributed by atoms with E-state index in [0.717, 1.165) is 18.0 Å². The summed E-state index contributed by atoms with van der Waals surface area (Å²) in [5, 5.41) is 0. The summed E-state index contributed by atoms with van der Waals surface area (Å²) in [6, 6.07) is 3.78. The van der Waals surface area contributed by atoms with Gasteiger partial charge in [0.05, 0.1) is 5.52 Å². The number of fused-ring (bicyclic) bond motifs is 1. The minimum absolute atomic E-state index is 0.304. The van der Waals surface area contributed by atoms with Crippen molar-refractivity contribution < 1.29 is 9.13 Å². The van der Waals surface area contributed by atoms with Crippen LogP contribution in [0.4, 0.5) is 4.39 Å². The lowest BCUT2D eigenvalue weighted by molar-refractivity contribution is 0.00871. The van der Waals surface area contributed by atoms with Crippen LogP contribution in [-0.2, 0) is 11.3 Å². The van der Waals surface area contributed by atoms with Gasteiger partial charge in [0.25, 0.3) is 0 Å². The molecule has 0 unspecified atom stereocenters. The number of pyridine rings is 1. The molecule has 21 heavy (non-hydrogen) atoms. The first-order chi connectivity index (χ1) is 10.3. The van der Waals surface area contributed by atoms with Crippen molar-refractivity contribution in [2.75, 3.05) is 19.6 Å². The molecule has 2 aromatic heterocycles. The molecule has 2 atom stereocenters. The Kier molecular flexibility index (Phi) is 3.35. The number of hydrogen-bond acceptors (Lipinski definition) is 4. The molecule has 1 saturated heterocycles. The smallest absolute Gasteiger partial charge is 0.177 e. The molecule has 1 aliphatic heterocycles. The van der Waals surface area contributed by atoms with Crippen LogP contribution in [0.25, 0.3) is 11.2 Å². The number of ether oxygens (including phenoxy) is 1. The topological polar surface area (TPSA) is 54.0 Å². The SMILES string of the molecule is F[C@@H]1CN(CC2CC2)C[C@@H]1OCc1nc2ncccc2[nH]1. The lowest BCUT2D eigenvalue weighted by atomic mass is 10.3. The van der Waals surface area contributed by atoms with Crippen LogP contribution in [0.5, 0.6) is 0 Å². The van der Waals surface area contributed by atoms with Crippen LogP contribution in [-0.4, -0.2) is 51.8 Å². The molecule has 6 heteroatoms. The van der Waals surface area contributed by atoms with E-state index < -0.39 is 6.17 Å². The normalized spacial score (nSPS) is 26.7. The highest BCUT2D eigenvalue weighted by atomic mass is 19.1. The Morgan fingerprint density at radius 3 is 3.10 bits per heavy atom. The summed E-state index contributed by atoms with van der Waals surface area (Å²) in [6.07, 6.45) is 3.06. The fraction of sp³-hybridized carbons (Fsp3) is 0.600. The summed E-state index contributed by atoms with van der Waals surface area (Å²) >= 11 is 0. The van der Waals surface area contributed by atoms with Gasteiger partial charge in [-0.15, -0.1) is 0 Å². The van der Waals surface area contributed by atoms with Gasteiger partial charge in [0.2, 0.25) is 0 Å². The van der Waals surface area contributed by atoms with Gasteiger partial charge in [-0.3, -0.25) is 4.90 Å². The molecule has 1 saturated carbocycles. The third kappa shape index (κ3) is 2.91. The van der Waals surface area contributed by atoms with Crippen molar-refractivity contribution in [2.45, 2.75) is 31.7 Å². The quantitative estimate of drug-likeness (QED) is 0.914. The van der Waals surface area contributed by atoms with E-state index in [0.29, 0.717) is 31.2 Å². The fourth-order valence-electron chi connectivity index (χ4n) is 2.93. The van der Waals surface area contributed by atoms with E-state index in [-0.39, 0.29) is 6.10 Å². The average molecular weight is 290 g/mol. The predicted molar refractivity (Wildman–Crippen MR) is 76.5 cm³/mol. The van der Waals surface area contributed by atoms with Gasteiger partial charge in [0.15, 0.2) is 5.65 Å². The number of aromatic amines is 1. The van der Waals surface area contributed by atoms with Gasteiger partial charge in [0.1, 0.15) is 24.7 Å². The number of alkyl halides is 1. The molecule has 0 bridgehead atoms. The van der Waals surface area contributed by atoms with Crippen molar-refractivity contribution in [3.63, 3.8) is 0 Å². The zero-order chi connectivity index (χ0) is 14.2. The largest absolute Gasteiger partial charge is 0.366 e. The van der Waals surface area contributed by atoms with Crippen molar-refractivity contribution in [1.29, 1.82) is 0 Å². The first-order valence-corrected chi connectivity index (χ1v) is 7.55. The maximum absolute atomic E-state index is 14.0. The van der Waals surface area contributed by atoms with Crippen molar-refractivity contribution in [1.82, 2.24) is 19.9 Å². The number of halogens is 1. The Labute approximate surface area is 122 Å². The van der Waals surface area contributed by atoms with Gasteiger partial charge in [-0.05, 0) is 30.9 Å². The molecule has 112 valence electrons. The number of nitrogens with zero attached hydrogens (tertiary/aromatic N) is 3. The molecule has 3 heterocycles. The molecule has 0 aromatic carbocycles. The summed E-state index contributed by atoms with van der Waals surface area (Å²) in [4.78, 5) is 13.9. The summed E-state index contributed by atoms with van der Waals surface area (Å²) < 4.78 is 19.7. The van der Waals surface area contributed by atoms with Gasteiger partial charge in [-0.2, -0.15) is 0 Å². The number of likely N-dealkylation sites (tertiary alicyclic amines) is 1. The maximum atomic E-state index is 14.0. The molecule has 2 fully saturated rings. The number of hydrogen-bond donors (Lipinski definition) is 1. The highest BCUT2D eigenvalue weighted by molar-refractivity contribution is 5.69. The molecular weight excluding hydrogens is 271 g/mol. The molecule has 1 aliphatic carbocycles. The van der Waals surface area contributed by atoms with E-state index in [1.807, 2.05) is 12.1 Å². The van der Waals surface area contributed by atoms with Crippen LogP contribution < -0.4 is 0 Å². The molecule has 2 aromatic rings. The molecule has 2 aliphatic rings. The minimum atomic E-state index is -0.897. The van der Waals surface area contributed by atoms with Crippen LogP contribution >= 0.6 is 0 Å². The summed E-state index contributed by atoms with van der Waals surface area (Å²) in [6.45, 7) is 2.52. The lowest BCUT2D eigenvalue weighted by Crippen LogP contribution is -2.25. The predicted octanol–water partition coefficient (Wildman–Crippen LogP) is 1.91. The number of H-pyrrole nitrogens is 1. The van der Waals surface area contributed by atoms with Gasteiger partial charge in [0, 0.05) is 25.8 Å². The zero-order valence-corrected chi connectivity index (χ0v) is 11.8. The van der Waals surface area contributed by atoms with E-state index in [9.17, 15) is 4.39 Å². The lowest BCUT2D eigenvalue weighted by Gasteiger charge is -2.14. The van der Waals surface area contributed by atoms with Crippen LogP contribution in [0.1, 0.15) is 18.7 Å². The standard InChI is InChI=1S/C15H19FN4O/c16-11-7-20(6-10-3-4-10)8-13(11)21-9-14-18-12-2-1-5-17-15(12)19-14/h1-2,5,10-11,13H,3-4,6-9H2,(H,17,18,19)/t11-,13+/m1/s1. The number of aromatic nitrogens is 3. The van der Waals surface area contributed by atoms with E-state index in [1.54, 1.807) is 6.20 Å². The number of nitrogens with one attached hydrogen (secondary N) is 1. The first-order valence-electron chi connectivity index (χ1n) is 7.55. The Bertz CT molecular complexity index is 594. The van der Waals surface area contributed by atoms with Gasteiger partial charge in [-0.25, -0.2) is 14.4 Å². The van der Waals surface area contributed by atoms with E-state index in [2.05, 4.69) is 19.9 Å². The second-order valence-electron chi connectivity index (χ2n) is 6.09. The van der Waals surface area contributed by atoms with Crippen molar-refractivity contribution in [3.8, 4) is 0 Å². The second-order valence-corrected chi connectivity index (χ2v) is 6.09. The van der Waals surface area contributed by atoms with Crippen LogP contribution in [0, 0.1) is 5.92 Å². The molecule has 0 radical (unpaired) electrons. The molecule has 4 rings (SSSR count). The van der Waals surface area contributed by atoms with Crippen molar-refractivity contribution in [2.24, 2.45) is 5.92 Å². The summed E-state index contributed by atoms with van der Waals surface area (Å²) in [5.74, 6) is 1.49. The number of imidazole rings is 1. The molecule has 0 amide bonds. The third-order valence-electron chi connectivity index (χ3n) is 4.23. The Balaban J connectivity index is 1.35. The second kappa shape index (κ2) is 5.35. The highest BCUT2D eigenvalue weighted by Crippen LogP contribution is 2.31. The van der Waals surface area contributed by atoms with Crippen molar-refractivity contribution >= 4 is 11.2 Å². The molecular formula is C15H19FN4O. The Morgan fingerprint density at radius 2 is 2.29 bits per heavy atom. The summed E-state index contributed by atoms with van der Waals surface area (Å²) in [5.41, 5.74) is 1.56. The molecule has 1 N–H and O–H groups in total. The van der Waals surface area contributed by atoms with E-state index in [1.165, 1.54) is 12.8 Å². The monoisotopic (exact) mass is 290 g/mol. The average Bonchev–Trinajstić information content (AvgIpc) is 3.08. The Hall–Kier alpha value is -1.53. The van der Waals surface area contributed by atoms with Gasteiger partial charge >= 0.3 is 0 Å². The zero-order valence-electron chi connectivity index (χ0n) is 11.8. The van der Waals surface area contributed by atoms with Gasteiger partial charge < -0.3 is 9.72 Å². The highest BCUT2D eigenvalue weighted by Gasteiger charge is 2.36. The van der Waals surface area contributed by atoms with Crippen LogP contribution in [0.3, 0.4) is 0 Å². The van der Waals surface area contributed by atoms with Crippen molar-refractivity contribution in [3.05, 3.63) is 24.2 Å². The Morgan fingerprint density at radius 1 is 1.38 bits per heavy atom.